The topological polar surface area (TPSA) is 101 Å². The predicted octanol–water partition coefficient (Wildman–Crippen LogP) is 2.76. The highest BCUT2D eigenvalue weighted by atomic mass is 32.1. The van der Waals surface area contributed by atoms with Crippen molar-refractivity contribution in [2.75, 3.05) is 25.0 Å². The van der Waals surface area contributed by atoms with Crippen molar-refractivity contribution in [1.82, 2.24) is 15.4 Å². The molecule has 29 heavy (non-hydrogen) atoms. The molecule has 0 unspecified atom stereocenters. The van der Waals surface area contributed by atoms with Crippen molar-refractivity contribution in [3.8, 4) is 0 Å². The van der Waals surface area contributed by atoms with Gasteiger partial charge in [0.25, 0.3) is 0 Å². The second-order valence-corrected chi connectivity index (χ2v) is 8.63. The number of amides is 3. The minimum atomic E-state index is -0.295. The number of thiazole rings is 1. The molecule has 0 aromatic carbocycles. The van der Waals surface area contributed by atoms with Crippen molar-refractivity contribution < 1.29 is 19.2 Å². The first kappa shape index (κ1) is 23.3. The molecule has 1 aromatic rings. The molecule has 3 amide bonds. The zero-order valence-electron chi connectivity index (χ0n) is 17.5. The molecule has 0 radical (unpaired) electrons. The van der Waals surface area contributed by atoms with Gasteiger partial charge in [0, 0.05) is 17.8 Å². The van der Waals surface area contributed by atoms with Crippen molar-refractivity contribution in [2.45, 2.75) is 59.3 Å². The number of anilines is 1. The van der Waals surface area contributed by atoms with Gasteiger partial charge in [0.2, 0.25) is 17.7 Å². The second-order valence-electron chi connectivity index (χ2n) is 7.77. The summed E-state index contributed by atoms with van der Waals surface area (Å²) in [6.45, 7) is 6.82. The lowest BCUT2D eigenvalue weighted by molar-refractivity contribution is -0.139. The number of nitrogens with zero attached hydrogens (tertiary/aromatic N) is 2. The first-order chi connectivity index (χ1) is 13.9. The molecule has 0 spiro atoms. The lowest BCUT2D eigenvalue weighted by atomic mass is 9.88. The van der Waals surface area contributed by atoms with Crippen LogP contribution in [0.5, 0.6) is 0 Å². The predicted molar refractivity (Wildman–Crippen MR) is 112 cm³/mol. The van der Waals surface area contributed by atoms with Crippen LogP contribution in [0.15, 0.2) is 5.38 Å². The van der Waals surface area contributed by atoms with Crippen molar-refractivity contribution in [3.63, 3.8) is 0 Å². The lowest BCUT2D eigenvalue weighted by Gasteiger charge is -2.30. The van der Waals surface area contributed by atoms with Crippen molar-refractivity contribution in [2.24, 2.45) is 11.8 Å². The normalized spacial score (nSPS) is 14.6. The highest BCUT2D eigenvalue weighted by molar-refractivity contribution is 7.13. The van der Waals surface area contributed by atoms with E-state index in [1.807, 2.05) is 13.8 Å². The molecule has 1 saturated carbocycles. The highest BCUT2D eigenvalue weighted by Crippen LogP contribution is 2.26. The summed E-state index contributed by atoms with van der Waals surface area (Å²) in [7, 11) is 0. The van der Waals surface area contributed by atoms with Crippen molar-refractivity contribution in [3.05, 3.63) is 11.1 Å². The van der Waals surface area contributed by atoms with Gasteiger partial charge in [-0.25, -0.2) is 10.5 Å². The SMILES string of the molecule is CCONC(=O)Cc1csc(NC(=O)CN(CC(C)C)C(=O)C2CCCCC2)n1. The van der Waals surface area contributed by atoms with Gasteiger partial charge in [-0.05, 0) is 25.7 Å². The summed E-state index contributed by atoms with van der Waals surface area (Å²) in [4.78, 5) is 47.9. The van der Waals surface area contributed by atoms with Crippen molar-refractivity contribution >= 4 is 34.2 Å². The molecule has 1 aromatic heterocycles. The highest BCUT2D eigenvalue weighted by Gasteiger charge is 2.27. The number of carbonyl (C=O) groups is 3. The van der Waals surface area contributed by atoms with Crippen LogP contribution < -0.4 is 10.8 Å². The number of hydrogen-bond donors (Lipinski definition) is 2. The minimum Gasteiger partial charge on any atom is -0.333 e. The zero-order chi connectivity index (χ0) is 21.2. The Kier molecular flexibility index (Phi) is 9.53. The summed E-state index contributed by atoms with van der Waals surface area (Å²) < 4.78 is 0. The van der Waals surface area contributed by atoms with E-state index in [1.54, 1.807) is 17.2 Å². The Hall–Kier alpha value is -2.00. The van der Waals surface area contributed by atoms with Gasteiger partial charge in [0.1, 0.15) is 0 Å². The van der Waals surface area contributed by atoms with E-state index in [2.05, 4.69) is 15.8 Å². The van der Waals surface area contributed by atoms with E-state index in [1.165, 1.54) is 17.8 Å². The van der Waals surface area contributed by atoms with Crippen LogP contribution >= 0.6 is 11.3 Å². The summed E-state index contributed by atoms with van der Waals surface area (Å²) in [6.07, 6.45) is 5.24. The fraction of sp³-hybridized carbons (Fsp3) is 0.700. The summed E-state index contributed by atoms with van der Waals surface area (Å²) in [5.41, 5.74) is 2.87. The maximum atomic E-state index is 12.9. The van der Waals surface area contributed by atoms with Crippen LogP contribution in [-0.2, 0) is 25.6 Å². The van der Waals surface area contributed by atoms with Gasteiger partial charge in [-0.15, -0.1) is 11.3 Å². The number of hydrogen-bond acceptors (Lipinski definition) is 6. The number of hydroxylamine groups is 1. The molecule has 1 fully saturated rings. The van der Waals surface area contributed by atoms with Gasteiger partial charge in [0.15, 0.2) is 5.13 Å². The Balaban J connectivity index is 1.90. The summed E-state index contributed by atoms with van der Waals surface area (Å²) in [5, 5.41) is 4.89. The smallest absolute Gasteiger partial charge is 0.249 e. The van der Waals surface area contributed by atoms with E-state index in [-0.39, 0.29) is 42.5 Å². The third kappa shape index (κ3) is 8.10. The van der Waals surface area contributed by atoms with E-state index in [9.17, 15) is 14.4 Å². The third-order valence-electron chi connectivity index (χ3n) is 4.66. The molecular formula is C20H32N4O4S. The zero-order valence-corrected chi connectivity index (χ0v) is 18.3. The standard InChI is InChI=1S/C20H32N4O4S/c1-4-28-23-17(25)10-16-13-29-20(21-16)22-18(26)12-24(11-14(2)3)19(27)15-8-6-5-7-9-15/h13-15H,4-12H2,1-3H3,(H,23,25)(H,21,22,26). The van der Waals surface area contributed by atoms with E-state index in [4.69, 9.17) is 4.84 Å². The maximum absolute atomic E-state index is 12.9. The van der Waals surface area contributed by atoms with Crippen LogP contribution in [0.4, 0.5) is 5.13 Å². The summed E-state index contributed by atoms with van der Waals surface area (Å²) in [6, 6.07) is 0. The fourth-order valence-electron chi connectivity index (χ4n) is 3.41. The lowest BCUT2D eigenvalue weighted by Crippen LogP contribution is -2.43. The average molecular weight is 425 g/mol. The maximum Gasteiger partial charge on any atom is 0.249 e. The molecule has 0 aliphatic heterocycles. The Labute approximate surface area is 176 Å². The average Bonchev–Trinajstić information content (AvgIpc) is 3.12. The summed E-state index contributed by atoms with van der Waals surface area (Å²) in [5.74, 6) is -0.164. The number of carbonyl (C=O) groups excluding carboxylic acids is 3. The number of aromatic nitrogens is 1. The molecule has 1 heterocycles. The first-order valence-corrected chi connectivity index (χ1v) is 11.2. The van der Waals surface area contributed by atoms with E-state index < -0.39 is 0 Å². The van der Waals surface area contributed by atoms with Crippen LogP contribution in [0.2, 0.25) is 0 Å². The van der Waals surface area contributed by atoms with Gasteiger partial charge in [-0.3, -0.25) is 19.2 Å². The quantitative estimate of drug-likeness (QED) is 0.563. The van der Waals surface area contributed by atoms with E-state index >= 15 is 0 Å². The van der Waals surface area contributed by atoms with Crippen LogP contribution in [-0.4, -0.2) is 47.3 Å². The van der Waals surface area contributed by atoms with Crippen molar-refractivity contribution in [1.29, 1.82) is 0 Å². The van der Waals surface area contributed by atoms with Crippen LogP contribution in [0.1, 0.15) is 58.6 Å². The molecule has 2 rings (SSSR count). The van der Waals surface area contributed by atoms with Crippen LogP contribution in [0.3, 0.4) is 0 Å². The Bertz CT molecular complexity index is 686. The largest absolute Gasteiger partial charge is 0.333 e. The Morgan fingerprint density at radius 3 is 2.62 bits per heavy atom. The molecule has 2 N–H and O–H groups in total. The van der Waals surface area contributed by atoms with Gasteiger partial charge >= 0.3 is 0 Å². The molecule has 1 aliphatic rings. The second kappa shape index (κ2) is 11.9. The third-order valence-corrected chi connectivity index (χ3v) is 5.46. The Morgan fingerprint density at radius 1 is 1.24 bits per heavy atom. The molecule has 9 heteroatoms. The number of nitrogens with one attached hydrogen (secondary N) is 2. The molecule has 0 bridgehead atoms. The monoisotopic (exact) mass is 424 g/mol. The van der Waals surface area contributed by atoms with Crippen LogP contribution in [0, 0.1) is 11.8 Å². The van der Waals surface area contributed by atoms with Gasteiger partial charge in [0.05, 0.1) is 25.3 Å². The van der Waals surface area contributed by atoms with Gasteiger partial charge < -0.3 is 10.2 Å². The molecule has 0 saturated heterocycles. The molecule has 162 valence electrons. The minimum absolute atomic E-state index is 0.0211. The molecule has 0 atom stereocenters. The molecule has 8 nitrogen and oxygen atoms in total. The van der Waals surface area contributed by atoms with Gasteiger partial charge in [-0.1, -0.05) is 33.1 Å². The molecular weight excluding hydrogens is 392 g/mol. The number of rotatable bonds is 10. The molecule has 1 aliphatic carbocycles. The van der Waals surface area contributed by atoms with E-state index in [0.717, 1.165) is 25.7 Å². The fourth-order valence-corrected chi connectivity index (χ4v) is 4.14. The first-order valence-electron chi connectivity index (χ1n) is 10.3. The van der Waals surface area contributed by atoms with E-state index in [0.29, 0.717) is 24.0 Å². The summed E-state index contributed by atoms with van der Waals surface area (Å²) >= 11 is 1.25. The van der Waals surface area contributed by atoms with Gasteiger partial charge in [-0.2, -0.15) is 0 Å². The van der Waals surface area contributed by atoms with Crippen LogP contribution in [0.25, 0.3) is 0 Å². The Morgan fingerprint density at radius 2 is 1.97 bits per heavy atom.